The number of aliphatic hydroxyl groups is 1. The molecule has 0 unspecified atom stereocenters. The number of hydrogen-bond acceptors (Lipinski definition) is 3. The molecule has 20 heavy (non-hydrogen) atoms. The summed E-state index contributed by atoms with van der Waals surface area (Å²) in [5.41, 5.74) is -3.45. The number of carbonyl (C=O) groups is 1. The van der Waals surface area contributed by atoms with Crippen LogP contribution in [-0.2, 0) is 4.74 Å². The zero-order valence-corrected chi connectivity index (χ0v) is 12.3. The van der Waals surface area contributed by atoms with Crippen molar-refractivity contribution in [3.8, 4) is 0 Å². The number of ether oxygens (including phenoxy) is 1. The molecule has 1 fully saturated rings. The van der Waals surface area contributed by atoms with Crippen LogP contribution in [0.5, 0.6) is 0 Å². The highest BCUT2D eigenvalue weighted by Crippen LogP contribution is 2.41. The van der Waals surface area contributed by atoms with Gasteiger partial charge in [0.25, 0.3) is 0 Å². The van der Waals surface area contributed by atoms with Gasteiger partial charge in [-0.3, -0.25) is 0 Å². The van der Waals surface area contributed by atoms with E-state index in [1.54, 1.807) is 20.8 Å². The molecule has 0 bridgehead atoms. The predicted octanol–water partition coefficient (Wildman–Crippen LogP) is 2.95. The number of carbonyl (C=O) groups excluding carboxylic acids is 1. The lowest BCUT2D eigenvalue weighted by Crippen LogP contribution is -2.50. The first-order valence-corrected chi connectivity index (χ1v) is 6.64. The third kappa shape index (κ3) is 3.77. The van der Waals surface area contributed by atoms with E-state index in [1.165, 1.54) is 11.8 Å². The predicted molar refractivity (Wildman–Crippen MR) is 67.2 cm³/mol. The van der Waals surface area contributed by atoms with Crippen LogP contribution in [0.2, 0.25) is 0 Å². The number of hydrogen-bond donors (Lipinski definition) is 1. The standard InChI is InChI=1S/C13H22F3NO3/c1-9-5-7-17(10(18)20-11(2,3)4)8-6-12(9,19)13(14,15)16/h9,19H,5-8H2,1-4H3/t9-,12-/m0/s1. The molecule has 1 amide bonds. The first kappa shape index (κ1) is 17.1. The molecule has 0 radical (unpaired) electrons. The molecule has 0 aromatic rings. The van der Waals surface area contributed by atoms with Gasteiger partial charge in [-0.2, -0.15) is 13.2 Å². The highest BCUT2D eigenvalue weighted by Gasteiger charge is 2.57. The summed E-state index contributed by atoms with van der Waals surface area (Å²) in [5, 5.41) is 9.88. The Labute approximate surface area is 116 Å². The Morgan fingerprint density at radius 1 is 1.30 bits per heavy atom. The van der Waals surface area contributed by atoms with Crippen molar-refractivity contribution in [1.29, 1.82) is 0 Å². The molecule has 1 rings (SSSR count). The van der Waals surface area contributed by atoms with Gasteiger partial charge >= 0.3 is 12.3 Å². The molecule has 4 nitrogen and oxygen atoms in total. The molecular formula is C13H22F3NO3. The summed E-state index contributed by atoms with van der Waals surface area (Å²) < 4.78 is 44.1. The highest BCUT2D eigenvalue weighted by molar-refractivity contribution is 5.68. The Morgan fingerprint density at radius 2 is 1.85 bits per heavy atom. The molecule has 7 heteroatoms. The number of rotatable bonds is 0. The number of halogens is 3. The zero-order valence-electron chi connectivity index (χ0n) is 12.3. The average Bonchev–Trinajstić information content (AvgIpc) is 2.37. The number of amides is 1. The van der Waals surface area contributed by atoms with E-state index >= 15 is 0 Å². The fourth-order valence-corrected chi connectivity index (χ4v) is 2.18. The normalized spacial score (nSPS) is 29.0. The van der Waals surface area contributed by atoms with Gasteiger partial charge in [0.1, 0.15) is 5.60 Å². The lowest BCUT2D eigenvalue weighted by molar-refractivity contribution is -0.278. The van der Waals surface area contributed by atoms with E-state index in [1.807, 2.05) is 0 Å². The minimum absolute atomic E-state index is 0.0786. The van der Waals surface area contributed by atoms with Gasteiger partial charge in [0.05, 0.1) is 0 Å². The Morgan fingerprint density at radius 3 is 2.30 bits per heavy atom. The third-order valence-electron chi connectivity index (χ3n) is 3.55. The van der Waals surface area contributed by atoms with Crippen molar-refractivity contribution in [3.05, 3.63) is 0 Å². The van der Waals surface area contributed by atoms with E-state index in [9.17, 15) is 23.1 Å². The monoisotopic (exact) mass is 297 g/mol. The quantitative estimate of drug-likeness (QED) is 0.748. The van der Waals surface area contributed by atoms with Crippen LogP contribution >= 0.6 is 0 Å². The van der Waals surface area contributed by atoms with Crippen LogP contribution in [-0.4, -0.2) is 46.6 Å². The van der Waals surface area contributed by atoms with Crippen LogP contribution in [0, 0.1) is 5.92 Å². The van der Waals surface area contributed by atoms with Crippen LogP contribution < -0.4 is 0 Å². The lowest BCUT2D eigenvalue weighted by atomic mass is 9.84. The fourth-order valence-electron chi connectivity index (χ4n) is 2.18. The summed E-state index contributed by atoms with van der Waals surface area (Å²) in [6.07, 6.45) is -5.79. The SMILES string of the molecule is C[C@H]1CCN(C(=O)OC(C)(C)C)CC[C@@]1(O)C(F)(F)F. The van der Waals surface area contributed by atoms with Gasteiger partial charge in [-0.1, -0.05) is 6.92 Å². The molecule has 2 atom stereocenters. The van der Waals surface area contributed by atoms with E-state index < -0.39 is 35.8 Å². The Bertz CT molecular complexity index is 365. The van der Waals surface area contributed by atoms with Crippen LogP contribution in [0.1, 0.15) is 40.5 Å². The summed E-state index contributed by atoms with van der Waals surface area (Å²) in [5.74, 6) is -0.963. The van der Waals surface area contributed by atoms with Crippen molar-refractivity contribution in [1.82, 2.24) is 4.90 Å². The molecule has 118 valence electrons. The Hall–Kier alpha value is -0.980. The topological polar surface area (TPSA) is 49.8 Å². The van der Waals surface area contributed by atoms with E-state index in [4.69, 9.17) is 4.74 Å². The van der Waals surface area contributed by atoms with Gasteiger partial charge < -0.3 is 14.7 Å². The van der Waals surface area contributed by atoms with Crippen LogP contribution in [0.3, 0.4) is 0 Å². The van der Waals surface area contributed by atoms with Gasteiger partial charge in [0, 0.05) is 19.5 Å². The summed E-state index contributed by atoms with van der Waals surface area (Å²) in [4.78, 5) is 13.1. The van der Waals surface area contributed by atoms with E-state index in [0.717, 1.165) is 0 Å². The van der Waals surface area contributed by atoms with Gasteiger partial charge in [-0.25, -0.2) is 4.79 Å². The summed E-state index contributed by atoms with van der Waals surface area (Å²) in [6, 6.07) is 0. The molecule has 0 aromatic heterocycles. The first-order chi connectivity index (χ1) is 8.87. The zero-order chi connectivity index (χ0) is 15.8. The summed E-state index contributed by atoms with van der Waals surface area (Å²) in [6.45, 7) is 6.40. The molecule has 1 N–H and O–H groups in total. The van der Waals surface area contributed by atoms with Crippen molar-refractivity contribution in [3.63, 3.8) is 0 Å². The van der Waals surface area contributed by atoms with Crippen molar-refractivity contribution in [2.75, 3.05) is 13.1 Å². The number of alkyl halides is 3. The minimum atomic E-state index is -4.70. The number of likely N-dealkylation sites (tertiary alicyclic amines) is 1. The third-order valence-corrected chi connectivity index (χ3v) is 3.55. The molecular weight excluding hydrogens is 275 g/mol. The average molecular weight is 297 g/mol. The van der Waals surface area contributed by atoms with Crippen LogP contribution in [0.4, 0.5) is 18.0 Å². The summed E-state index contributed by atoms with van der Waals surface area (Å²) >= 11 is 0. The van der Waals surface area contributed by atoms with E-state index in [-0.39, 0.29) is 19.5 Å². The lowest BCUT2D eigenvalue weighted by Gasteiger charge is -2.34. The molecule has 1 aliphatic heterocycles. The van der Waals surface area contributed by atoms with Crippen molar-refractivity contribution >= 4 is 6.09 Å². The molecule has 1 aliphatic rings. The van der Waals surface area contributed by atoms with Gasteiger partial charge in [0.2, 0.25) is 0 Å². The van der Waals surface area contributed by atoms with E-state index in [2.05, 4.69) is 0 Å². The number of nitrogens with zero attached hydrogens (tertiary/aromatic N) is 1. The smallest absolute Gasteiger partial charge is 0.417 e. The Balaban J connectivity index is 2.79. The second-order valence-electron chi connectivity index (χ2n) is 6.33. The second kappa shape index (κ2) is 5.42. The van der Waals surface area contributed by atoms with Crippen LogP contribution in [0.15, 0.2) is 0 Å². The van der Waals surface area contributed by atoms with Crippen molar-refractivity contribution in [2.45, 2.75) is 57.9 Å². The molecule has 0 saturated carbocycles. The van der Waals surface area contributed by atoms with Gasteiger partial charge in [0.15, 0.2) is 5.60 Å². The van der Waals surface area contributed by atoms with Crippen molar-refractivity contribution < 1.29 is 27.8 Å². The first-order valence-electron chi connectivity index (χ1n) is 6.64. The molecule has 0 spiro atoms. The molecule has 1 heterocycles. The maximum Gasteiger partial charge on any atom is 0.417 e. The maximum absolute atomic E-state index is 13.0. The Kier molecular flexibility index (Phi) is 4.63. The highest BCUT2D eigenvalue weighted by atomic mass is 19.4. The minimum Gasteiger partial charge on any atom is -0.444 e. The van der Waals surface area contributed by atoms with Gasteiger partial charge in [-0.05, 0) is 33.1 Å². The molecule has 1 saturated heterocycles. The van der Waals surface area contributed by atoms with Crippen molar-refractivity contribution in [2.24, 2.45) is 5.92 Å². The fraction of sp³-hybridized carbons (Fsp3) is 0.923. The largest absolute Gasteiger partial charge is 0.444 e. The van der Waals surface area contributed by atoms with Crippen LogP contribution in [0.25, 0.3) is 0 Å². The molecule has 0 aliphatic carbocycles. The van der Waals surface area contributed by atoms with Gasteiger partial charge in [-0.15, -0.1) is 0 Å². The summed E-state index contributed by atoms with van der Waals surface area (Å²) in [7, 11) is 0. The van der Waals surface area contributed by atoms with E-state index in [0.29, 0.717) is 0 Å². The second-order valence-corrected chi connectivity index (χ2v) is 6.33. The maximum atomic E-state index is 13.0. The molecule has 0 aromatic carbocycles.